The Balaban J connectivity index is 1.37. The number of piperazine rings is 1. The number of ether oxygens (including phenoxy) is 1. The monoisotopic (exact) mass is 433 g/mol. The molecule has 0 spiro atoms. The summed E-state index contributed by atoms with van der Waals surface area (Å²) in [5.74, 6) is 0.947. The lowest BCUT2D eigenvalue weighted by atomic mass is 10.3. The fourth-order valence-corrected chi connectivity index (χ4v) is 4.60. The van der Waals surface area contributed by atoms with Gasteiger partial charge in [0, 0.05) is 45.1 Å². The van der Waals surface area contributed by atoms with E-state index in [0.29, 0.717) is 44.3 Å². The van der Waals surface area contributed by atoms with Gasteiger partial charge in [-0.05, 0) is 31.5 Å². The summed E-state index contributed by atoms with van der Waals surface area (Å²) in [6.45, 7) is 3.83. The average Bonchev–Trinajstić information content (AvgIpc) is 2.78. The maximum Gasteiger partial charge on any atom is 0.260 e. The highest BCUT2D eigenvalue weighted by molar-refractivity contribution is 7.89. The highest BCUT2D eigenvalue weighted by Crippen LogP contribution is 2.13. The molecule has 1 N–H and O–H groups in total. The Bertz CT molecular complexity index is 903. The zero-order chi connectivity index (χ0) is 21.4. The maximum absolute atomic E-state index is 12.6. The molecule has 2 heterocycles. The van der Waals surface area contributed by atoms with E-state index in [9.17, 15) is 13.2 Å². The van der Waals surface area contributed by atoms with Crippen molar-refractivity contribution in [3.8, 4) is 5.75 Å². The first-order valence-electron chi connectivity index (χ1n) is 9.95. The van der Waals surface area contributed by atoms with E-state index in [0.717, 1.165) is 0 Å². The molecule has 9 nitrogen and oxygen atoms in total. The molecule has 1 fully saturated rings. The van der Waals surface area contributed by atoms with Crippen molar-refractivity contribution in [2.24, 2.45) is 0 Å². The van der Waals surface area contributed by atoms with Crippen LogP contribution in [0.3, 0.4) is 0 Å². The van der Waals surface area contributed by atoms with E-state index in [4.69, 9.17) is 4.74 Å². The van der Waals surface area contributed by atoms with Crippen LogP contribution in [0.4, 0.5) is 5.95 Å². The third-order valence-corrected chi connectivity index (χ3v) is 6.73. The zero-order valence-electron chi connectivity index (χ0n) is 17.0. The summed E-state index contributed by atoms with van der Waals surface area (Å²) in [5, 5.41) is 2.74. The molecule has 1 aliphatic heterocycles. The van der Waals surface area contributed by atoms with Gasteiger partial charge in [0.2, 0.25) is 16.0 Å². The molecule has 0 aliphatic carbocycles. The Morgan fingerprint density at radius 2 is 1.77 bits per heavy atom. The van der Waals surface area contributed by atoms with Gasteiger partial charge in [-0.25, -0.2) is 18.4 Å². The van der Waals surface area contributed by atoms with Crippen molar-refractivity contribution in [2.75, 3.05) is 43.4 Å². The number of nitrogens with one attached hydrogen (secondary N) is 1. The lowest BCUT2D eigenvalue weighted by Gasteiger charge is -2.33. The Kier molecular flexibility index (Phi) is 7.58. The summed E-state index contributed by atoms with van der Waals surface area (Å²) in [6.07, 6.45) is 3.03. The normalized spacial score (nSPS) is 16.1. The van der Waals surface area contributed by atoms with Crippen molar-refractivity contribution in [1.82, 2.24) is 19.6 Å². The molecule has 10 heteroatoms. The van der Waals surface area contributed by atoms with Crippen LogP contribution in [-0.2, 0) is 14.8 Å². The van der Waals surface area contributed by atoms with E-state index in [1.54, 1.807) is 37.5 Å². The number of amides is 1. The summed E-state index contributed by atoms with van der Waals surface area (Å²) >= 11 is 0. The van der Waals surface area contributed by atoms with Crippen LogP contribution in [0.2, 0.25) is 0 Å². The molecule has 1 aromatic carbocycles. The molecule has 162 valence electrons. The standard InChI is InChI=1S/C20H27N5O4S/c1-17(29-18-7-3-2-4-8-18)19(26)21-11-6-16-30(27,28)25-14-12-24(13-15-25)20-22-9-5-10-23-20/h2-5,7-10,17H,6,11-16H2,1H3,(H,21,26)/t17-/m1/s1. The zero-order valence-corrected chi connectivity index (χ0v) is 17.8. The fourth-order valence-electron chi connectivity index (χ4n) is 3.12. The molecule has 1 saturated heterocycles. The molecule has 0 unspecified atom stereocenters. The van der Waals surface area contributed by atoms with E-state index in [-0.39, 0.29) is 18.2 Å². The number of para-hydroxylation sites is 1. The van der Waals surface area contributed by atoms with Gasteiger partial charge in [0.1, 0.15) is 5.75 Å². The molecular formula is C20H27N5O4S. The van der Waals surface area contributed by atoms with E-state index >= 15 is 0 Å². The lowest BCUT2D eigenvalue weighted by Crippen LogP contribution is -2.50. The second-order valence-corrected chi connectivity index (χ2v) is 9.06. The summed E-state index contributed by atoms with van der Waals surface area (Å²) in [4.78, 5) is 22.5. The molecule has 1 amide bonds. The third kappa shape index (κ3) is 6.14. The van der Waals surface area contributed by atoms with E-state index < -0.39 is 16.1 Å². The van der Waals surface area contributed by atoms with E-state index in [1.165, 1.54) is 4.31 Å². The Morgan fingerprint density at radius 3 is 2.43 bits per heavy atom. The largest absolute Gasteiger partial charge is 0.481 e. The second kappa shape index (κ2) is 10.4. The van der Waals surface area contributed by atoms with Crippen molar-refractivity contribution in [1.29, 1.82) is 0 Å². The van der Waals surface area contributed by atoms with E-state index in [2.05, 4.69) is 15.3 Å². The van der Waals surface area contributed by atoms with Crippen LogP contribution >= 0.6 is 0 Å². The average molecular weight is 434 g/mol. The highest BCUT2D eigenvalue weighted by Gasteiger charge is 2.27. The first kappa shape index (κ1) is 22.0. The van der Waals surface area contributed by atoms with Gasteiger partial charge in [0.05, 0.1) is 5.75 Å². The van der Waals surface area contributed by atoms with Gasteiger partial charge in [0.25, 0.3) is 5.91 Å². The lowest BCUT2D eigenvalue weighted by molar-refractivity contribution is -0.127. The molecule has 1 aliphatic rings. The van der Waals surface area contributed by atoms with Gasteiger partial charge in [0.15, 0.2) is 6.10 Å². The van der Waals surface area contributed by atoms with Crippen molar-refractivity contribution in [3.05, 3.63) is 48.8 Å². The molecule has 0 saturated carbocycles. The number of carbonyl (C=O) groups is 1. The molecule has 0 bridgehead atoms. The predicted molar refractivity (Wildman–Crippen MR) is 114 cm³/mol. The van der Waals surface area contributed by atoms with Crippen LogP contribution in [-0.4, -0.2) is 73.2 Å². The number of sulfonamides is 1. The number of anilines is 1. The maximum atomic E-state index is 12.6. The number of aromatic nitrogens is 2. The number of hydrogen-bond donors (Lipinski definition) is 1. The minimum atomic E-state index is -3.37. The Morgan fingerprint density at radius 1 is 1.10 bits per heavy atom. The summed E-state index contributed by atoms with van der Waals surface area (Å²) in [6, 6.07) is 10.8. The molecule has 1 aromatic heterocycles. The van der Waals surface area contributed by atoms with Crippen molar-refractivity contribution >= 4 is 21.9 Å². The molecule has 0 radical (unpaired) electrons. The van der Waals surface area contributed by atoms with Crippen LogP contribution in [0.15, 0.2) is 48.8 Å². The van der Waals surface area contributed by atoms with Gasteiger partial charge >= 0.3 is 0 Å². The van der Waals surface area contributed by atoms with Gasteiger partial charge in [-0.1, -0.05) is 18.2 Å². The predicted octanol–water partition coefficient (Wildman–Crippen LogP) is 0.902. The first-order chi connectivity index (χ1) is 14.5. The summed E-state index contributed by atoms with van der Waals surface area (Å²) in [5.41, 5.74) is 0. The fraction of sp³-hybridized carbons (Fsp3) is 0.450. The van der Waals surface area contributed by atoms with Crippen molar-refractivity contribution in [2.45, 2.75) is 19.4 Å². The van der Waals surface area contributed by atoms with Crippen molar-refractivity contribution < 1.29 is 17.9 Å². The number of hydrogen-bond acceptors (Lipinski definition) is 7. The van der Waals surface area contributed by atoms with Gasteiger partial charge in [-0.2, -0.15) is 4.31 Å². The summed E-state index contributed by atoms with van der Waals surface area (Å²) < 4.78 is 32.2. The molecule has 3 rings (SSSR count). The Labute approximate surface area is 177 Å². The number of benzene rings is 1. The van der Waals surface area contributed by atoms with Crippen LogP contribution in [0.1, 0.15) is 13.3 Å². The molecule has 2 aromatic rings. The van der Waals surface area contributed by atoms with Gasteiger partial charge in [-0.3, -0.25) is 4.79 Å². The van der Waals surface area contributed by atoms with E-state index in [1.807, 2.05) is 23.1 Å². The topological polar surface area (TPSA) is 105 Å². The van der Waals surface area contributed by atoms with Crippen LogP contribution < -0.4 is 15.0 Å². The van der Waals surface area contributed by atoms with Crippen molar-refractivity contribution in [3.63, 3.8) is 0 Å². The Hall–Kier alpha value is -2.72. The van der Waals surface area contributed by atoms with Crippen LogP contribution in [0, 0.1) is 0 Å². The highest BCUT2D eigenvalue weighted by atomic mass is 32.2. The molecule has 1 atom stereocenters. The number of carbonyl (C=O) groups excluding carboxylic acids is 1. The van der Waals surface area contributed by atoms with Crippen LogP contribution in [0.5, 0.6) is 5.75 Å². The second-order valence-electron chi connectivity index (χ2n) is 6.97. The molecule has 30 heavy (non-hydrogen) atoms. The first-order valence-corrected chi connectivity index (χ1v) is 11.6. The quantitative estimate of drug-likeness (QED) is 0.586. The molecular weight excluding hydrogens is 406 g/mol. The minimum absolute atomic E-state index is 0.0109. The number of nitrogens with zero attached hydrogens (tertiary/aromatic N) is 4. The van der Waals surface area contributed by atoms with Gasteiger partial charge in [-0.15, -0.1) is 0 Å². The summed E-state index contributed by atoms with van der Waals surface area (Å²) in [7, 11) is -3.37. The SMILES string of the molecule is C[C@@H](Oc1ccccc1)C(=O)NCCCS(=O)(=O)N1CCN(c2ncccn2)CC1. The smallest absolute Gasteiger partial charge is 0.260 e. The van der Waals surface area contributed by atoms with Crippen LogP contribution in [0.25, 0.3) is 0 Å². The third-order valence-electron chi connectivity index (χ3n) is 4.77. The van der Waals surface area contributed by atoms with Gasteiger partial charge < -0.3 is 15.0 Å². The minimum Gasteiger partial charge on any atom is -0.481 e. The number of rotatable bonds is 9.